The van der Waals surface area contributed by atoms with Crippen LogP contribution in [0.25, 0.3) is 0 Å². The van der Waals surface area contributed by atoms with Gasteiger partial charge in [0.1, 0.15) is 5.92 Å². The van der Waals surface area contributed by atoms with E-state index in [2.05, 4.69) is 0 Å². The molecule has 1 atom stereocenters. The van der Waals surface area contributed by atoms with Gasteiger partial charge >= 0.3 is 5.97 Å². The zero-order chi connectivity index (χ0) is 13.7. The molecule has 8 heteroatoms. The van der Waals surface area contributed by atoms with Crippen LogP contribution in [0.5, 0.6) is 0 Å². The van der Waals surface area contributed by atoms with Crippen molar-refractivity contribution in [3.63, 3.8) is 0 Å². The van der Waals surface area contributed by atoms with Crippen molar-refractivity contribution in [3.05, 3.63) is 24.3 Å². The Bertz CT molecular complexity index is 419. The molecule has 0 fully saturated rings. The van der Waals surface area contributed by atoms with Crippen LogP contribution in [-0.2, 0) is 14.9 Å². The van der Waals surface area contributed by atoms with Crippen LogP contribution in [0, 0.1) is 5.92 Å². The number of carbonyl (C=O) groups is 1. The topological polar surface area (TPSA) is 132 Å². The molecule has 7 nitrogen and oxygen atoms in total. The van der Waals surface area contributed by atoms with Gasteiger partial charge in [0.25, 0.3) is 10.1 Å². The van der Waals surface area contributed by atoms with Crippen molar-refractivity contribution < 1.29 is 33.1 Å². The molecule has 98 valence electrons. The number of allylic oxidation sites excluding steroid dienone is 2. The molecule has 0 saturated heterocycles. The fourth-order valence-corrected chi connectivity index (χ4v) is 0.882. The molecule has 0 spiro atoms. The zero-order valence-corrected chi connectivity index (χ0v) is 9.83. The molecule has 1 unspecified atom stereocenters. The molecule has 0 heterocycles. The SMILES string of the molecule is CCS(=O)(=O)O.O=C(O)C1C=CC=CC1(O)O. The first-order valence-electron chi connectivity index (χ1n) is 4.59. The van der Waals surface area contributed by atoms with E-state index in [-0.39, 0.29) is 5.75 Å². The second-order valence-electron chi connectivity index (χ2n) is 3.21. The molecule has 1 aliphatic carbocycles. The van der Waals surface area contributed by atoms with E-state index in [9.17, 15) is 13.2 Å². The van der Waals surface area contributed by atoms with Crippen molar-refractivity contribution in [2.75, 3.05) is 5.75 Å². The summed E-state index contributed by atoms with van der Waals surface area (Å²) < 4.78 is 26.9. The zero-order valence-electron chi connectivity index (χ0n) is 9.02. The smallest absolute Gasteiger partial charge is 0.316 e. The van der Waals surface area contributed by atoms with Crippen molar-refractivity contribution in [2.45, 2.75) is 12.7 Å². The average molecular weight is 266 g/mol. The van der Waals surface area contributed by atoms with E-state index in [0.29, 0.717) is 0 Å². The molecule has 0 radical (unpaired) electrons. The number of carboxylic acid groups (broad SMARTS) is 1. The first-order chi connectivity index (χ1) is 7.60. The number of hydrogen-bond acceptors (Lipinski definition) is 5. The largest absolute Gasteiger partial charge is 0.481 e. The van der Waals surface area contributed by atoms with Crippen LogP contribution in [0.3, 0.4) is 0 Å². The van der Waals surface area contributed by atoms with Crippen molar-refractivity contribution in [3.8, 4) is 0 Å². The average Bonchev–Trinajstić information content (AvgIpc) is 2.16. The lowest BCUT2D eigenvalue weighted by Crippen LogP contribution is -2.40. The van der Waals surface area contributed by atoms with Gasteiger partial charge in [0.2, 0.25) is 0 Å². The normalized spacial score (nSPS) is 21.5. The summed E-state index contributed by atoms with van der Waals surface area (Å²) >= 11 is 0. The van der Waals surface area contributed by atoms with Gasteiger partial charge in [0.05, 0.1) is 5.75 Å². The fourth-order valence-electron chi connectivity index (χ4n) is 0.882. The summed E-state index contributed by atoms with van der Waals surface area (Å²) in [5.41, 5.74) is 0. The Morgan fingerprint density at radius 2 is 1.82 bits per heavy atom. The van der Waals surface area contributed by atoms with Crippen LogP contribution in [0.15, 0.2) is 24.3 Å². The Hall–Kier alpha value is -1.22. The Balaban J connectivity index is 0.000000366. The third-order valence-electron chi connectivity index (χ3n) is 1.84. The summed E-state index contributed by atoms with van der Waals surface area (Å²) in [5, 5.41) is 26.6. The number of rotatable bonds is 2. The van der Waals surface area contributed by atoms with Gasteiger partial charge in [-0.05, 0) is 13.0 Å². The Kier molecular flexibility index (Phi) is 5.49. The van der Waals surface area contributed by atoms with Gasteiger partial charge in [-0.3, -0.25) is 9.35 Å². The predicted octanol–water partition coefficient (Wildman–Crippen LogP) is -0.612. The molecular formula is C9H14O7S. The standard InChI is InChI=1S/C7H8O4.C2H6O3S/c8-6(9)5-3-1-2-4-7(5,10)11;1-2-6(3,4)5/h1-5,10-11H,(H,8,9);2H2,1H3,(H,3,4,5). The van der Waals surface area contributed by atoms with Crippen LogP contribution < -0.4 is 0 Å². The molecular weight excluding hydrogens is 252 g/mol. The highest BCUT2D eigenvalue weighted by molar-refractivity contribution is 7.85. The molecule has 1 aliphatic rings. The van der Waals surface area contributed by atoms with E-state index >= 15 is 0 Å². The number of aliphatic carboxylic acids is 1. The predicted molar refractivity (Wildman–Crippen MR) is 58.7 cm³/mol. The van der Waals surface area contributed by atoms with E-state index in [0.717, 1.165) is 6.08 Å². The highest BCUT2D eigenvalue weighted by Crippen LogP contribution is 2.21. The van der Waals surface area contributed by atoms with E-state index < -0.39 is 27.8 Å². The second-order valence-corrected chi connectivity index (χ2v) is 4.95. The quantitative estimate of drug-likeness (QED) is 0.387. The van der Waals surface area contributed by atoms with Gasteiger partial charge < -0.3 is 15.3 Å². The van der Waals surface area contributed by atoms with E-state index in [1.54, 1.807) is 0 Å². The Morgan fingerprint density at radius 1 is 1.35 bits per heavy atom. The molecule has 17 heavy (non-hydrogen) atoms. The van der Waals surface area contributed by atoms with Crippen molar-refractivity contribution in [1.29, 1.82) is 0 Å². The first-order valence-corrected chi connectivity index (χ1v) is 6.20. The van der Waals surface area contributed by atoms with Crippen LogP contribution in [0.2, 0.25) is 0 Å². The van der Waals surface area contributed by atoms with Gasteiger partial charge in [0, 0.05) is 0 Å². The monoisotopic (exact) mass is 266 g/mol. The third kappa shape index (κ3) is 6.17. The summed E-state index contributed by atoms with van der Waals surface area (Å²) in [6, 6.07) is 0. The molecule has 0 bridgehead atoms. The second kappa shape index (κ2) is 5.92. The number of hydrogen-bond donors (Lipinski definition) is 4. The summed E-state index contributed by atoms with van der Waals surface area (Å²) in [6.07, 6.45) is 5.11. The maximum atomic E-state index is 10.4. The molecule has 0 aromatic carbocycles. The summed E-state index contributed by atoms with van der Waals surface area (Å²) in [4.78, 5) is 10.4. The molecule has 0 aromatic heterocycles. The molecule has 4 N–H and O–H groups in total. The maximum Gasteiger partial charge on any atom is 0.316 e. The van der Waals surface area contributed by atoms with Gasteiger partial charge in [-0.25, -0.2) is 0 Å². The van der Waals surface area contributed by atoms with Crippen LogP contribution >= 0.6 is 0 Å². The minimum absolute atomic E-state index is 0.201. The van der Waals surface area contributed by atoms with E-state index in [1.165, 1.54) is 25.2 Å². The van der Waals surface area contributed by atoms with Crippen LogP contribution in [-0.4, -0.2) is 45.8 Å². The van der Waals surface area contributed by atoms with Crippen LogP contribution in [0.1, 0.15) is 6.92 Å². The minimum Gasteiger partial charge on any atom is -0.481 e. The fraction of sp³-hybridized carbons (Fsp3) is 0.444. The summed E-state index contributed by atoms with van der Waals surface area (Å²) in [7, 11) is -3.66. The van der Waals surface area contributed by atoms with E-state index in [1.807, 2.05) is 0 Å². The van der Waals surface area contributed by atoms with Crippen molar-refractivity contribution in [1.82, 2.24) is 0 Å². The third-order valence-corrected chi connectivity index (χ3v) is 2.57. The lowest BCUT2D eigenvalue weighted by atomic mass is 9.94. The summed E-state index contributed by atoms with van der Waals surface area (Å²) in [6.45, 7) is 1.37. The lowest BCUT2D eigenvalue weighted by Gasteiger charge is -2.24. The Morgan fingerprint density at radius 3 is 2.06 bits per heavy atom. The number of aliphatic hydroxyl groups is 2. The molecule has 0 aliphatic heterocycles. The van der Waals surface area contributed by atoms with Crippen molar-refractivity contribution >= 4 is 16.1 Å². The molecule has 0 saturated carbocycles. The summed E-state index contributed by atoms with van der Waals surface area (Å²) in [5.74, 6) is -4.98. The minimum atomic E-state index is -3.66. The van der Waals surface area contributed by atoms with Gasteiger partial charge in [-0.1, -0.05) is 18.2 Å². The number of carboxylic acids is 1. The van der Waals surface area contributed by atoms with Gasteiger partial charge in [0.15, 0.2) is 5.79 Å². The van der Waals surface area contributed by atoms with Crippen molar-refractivity contribution in [2.24, 2.45) is 5.92 Å². The molecule has 0 aromatic rings. The van der Waals surface area contributed by atoms with Gasteiger partial charge in [-0.2, -0.15) is 8.42 Å². The molecule has 1 rings (SSSR count). The highest BCUT2D eigenvalue weighted by atomic mass is 32.2. The first kappa shape index (κ1) is 15.8. The van der Waals surface area contributed by atoms with Crippen LogP contribution in [0.4, 0.5) is 0 Å². The highest BCUT2D eigenvalue weighted by Gasteiger charge is 2.36. The Labute approximate surface area is 98.5 Å². The lowest BCUT2D eigenvalue weighted by molar-refractivity contribution is -0.176. The van der Waals surface area contributed by atoms with Gasteiger partial charge in [-0.15, -0.1) is 0 Å². The maximum absolute atomic E-state index is 10.4. The van der Waals surface area contributed by atoms with E-state index in [4.69, 9.17) is 19.9 Å². The molecule has 0 amide bonds.